The molecule has 1 aromatic rings. The van der Waals surface area contributed by atoms with Crippen molar-refractivity contribution < 1.29 is 13.6 Å². The second kappa shape index (κ2) is 6.54. The van der Waals surface area contributed by atoms with Crippen LogP contribution in [0.2, 0.25) is 0 Å². The van der Waals surface area contributed by atoms with Gasteiger partial charge in [0.15, 0.2) is 0 Å². The fourth-order valence-electron chi connectivity index (χ4n) is 2.99. The molecule has 1 N–H and O–H groups in total. The topological polar surface area (TPSA) is 46.9 Å². The Labute approximate surface area is 123 Å². The van der Waals surface area contributed by atoms with Crippen LogP contribution in [0.5, 0.6) is 0 Å². The summed E-state index contributed by atoms with van der Waals surface area (Å²) in [4.78, 5) is 12.1. The van der Waals surface area contributed by atoms with Gasteiger partial charge in [-0.25, -0.2) is 4.68 Å². The molecule has 1 aliphatic rings. The molecule has 0 spiro atoms. The molecule has 0 bridgehead atoms. The van der Waals surface area contributed by atoms with Crippen LogP contribution in [0.15, 0.2) is 0 Å². The number of aryl methyl sites for hydroxylation is 1. The Kier molecular flexibility index (Phi) is 4.96. The van der Waals surface area contributed by atoms with Crippen molar-refractivity contribution >= 4 is 5.91 Å². The smallest absolute Gasteiger partial charge is 0.333 e. The first-order valence-corrected chi connectivity index (χ1v) is 7.50. The van der Waals surface area contributed by atoms with Crippen LogP contribution >= 0.6 is 0 Å². The minimum atomic E-state index is -2.67. The molecular formula is C15H23F2N3O. The summed E-state index contributed by atoms with van der Waals surface area (Å²) in [6.07, 6.45) is 4.39. The second-order valence-electron chi connectivity index (χ2n) is 6.07. The third-order valence-electron chi connectivity index (χ3n) is 4.38. The van der Waals surface area contributed by atoms with Gasteiger partial charge in [0.2, 0.25) is 5.91 Å². The van der Waals surface area contributed by atoms with Gasteiger partial charge in [0, 0.05) is 17.3 Å². The molecule has 0 unspecified atom stereocenters. The van der Waals surface area contributed by atoms with Crippen LogP contribution in [0.1, 0.15) is 56.1 Å². The third kappa shape index (κ3) is 3.80. The maximum absolute atomic E-state index is 12.8. The highest BCUT2D eigenvalue weighted by atomic mass is 19.3. The number of aromatic nitrogens is 2. The molecule has 1 aromatic heterocycles. The molecule has 0 aromatic carbocycles. The lowest BCUT2D eigenvalue weighted by atomic mass is 9.87. The van der Waals surface area contributed by atoms with Gasteiger partial charge in [-0.05, 0) is 45.4 Å². The molecule has 0 saturated heterocycles. The number of halogens is 2. The van der Waals surface area contributed by atoms with E-state index in [0.29, 0.717) is 21.6 Å². The van der Waals surface area contributed by atoms with Gasteiger partial charge in [-0.2, -0.15) is 13.9 Å². The van der Waals surface area contributed by atoms with Crippen molar-refractivity contribution in [2.45, 2.75) is 65.5 Å². The molecule has 1 aliphatic carbocycles. The molecule has 4 nitrogen and oxygen atoms in total. The van der Waals surface area contributed by atoms with E-state index in [0.717, 1.165) is 31.6 Å². The lowest BCUT2D eigenvalue weighted by Gasteiger charge is -2.26. The van der Waals surface area contributed by atoms with Crippen molar-refractivity contribution in [2.75, 3.05) is 0 Å². The number of hydrogen-bond acceptors (Lipinski definition) is 2. The number of nitrogens with one attached hydrogen (secondary N) is 1. The zero-order valence-corrected chi connectivity index (χ0v) is 12.8. The molecule has 1 fully saturated rings. The van der Waals surface area contributed by atoms with Gasteiger partial charge in [-0.15, -0.1) is 0 Å². The van der Waals surface area contributed by atoms with Crippen LogP contribution in [0.3, 0.4) is 0 Å². The molecule has 118 valence electrons. The fraction of sp³-hybridized carbons (Fsp3) is 0.733. The maximum Gasteiger partial charge on any atom is 0.333 e. The number of rotatable bonds is 4. The Bertz CT molecular complexity index is 505. The number of nitrogens with zero attached hydrogens (tertiary/aromatic N) is 2. The Morgan fingerprint density at radius 2 is 1.95 bits per heavy atom. The molecule has 0 atom stereocenters. The van der Waals surface area contributed by atoms with E-state index in [1.165, 1.54) is 0 Å². The van der Waals surface area contributed by atoms with E-state index in [1.54, 1.807) is 13.8 Å². The summed E-state index contributed by atoms with van der Waals surface area (Å²) in [7, 11) is 0. The predicted octanol–water partition coefficient (Wildman–Crippen LogP) is 3.13. The average Bonchev–Trinajstić information content (AvgIpc) is 2.69. The SMILES string of the molecule is Cc1nn(C(F)F)c(C)c1CC(=O)NC1CCC(C)CC1. The van der Waals surface area contributed by atoms with E-state index in [4.69, 9.17) is 0 Å². The van der Waals surface area contributed by atoms with Crippen LogP contribution in [0.4, 0.5) is 8.78 Å². The summed E-state index contributed by atoms with van der Waals surface area (Å²) in [6, 6.07) is 0.222. The highest BCUT2D eigenvalue weighted by Crippen LogP contribution is 2.24. The maximum atomic E-state index is 12.8. The highest BCUT2D eigenvalue weighted by Gasteiger charge is 2.22. The summed E-state index contributed by atoms with van der Waals surface area (Å²) in [5, 5.41) is 6.82. The van der Waals surface area contributed by atoms with Gasteiger partial charge in [0.25, 0.3) is 0 Å². The van der Waals surface area contributed by atoms with E-state index in [9.17, 15) is 13.6 Å². The van der Waals surface area contributed by atoms with Crippen LogP contribution in [-0.4, -0.2) is 21.7 Å². The second-order valence-corrected chi connectivity index (χ2v) is 6.07. The quantitative estimate of drug-likeness (QED) is 0.928. The van der Waals surface area contributed by atoms with Crippen molar-refractivity contribution in [3.05, 3.63) is 17.0 Å². The monoisotopic (exact) mass is 299 g/mol. The molecule has 1 amide bonds. The number of hydrogen-bond donors (Lipinski definition) is 1. The molecule has 6 heteroatoms. The van der Waals surface area contributed by atoms with Crippen molar-refractivity contribution in [1.82, 2.24) is 15.1 Å². The predicted molar refractivity (Wildman–Crippen MR) is 76.2 cm³/mol. The van der Waals surface area contributed by atoms with Gasteiger partial charge in [0.1, 0.15) is 0 Å². The summed E-state index contributed by atoms with van der Waals surface area (Å²) in [5.41, 5.74) is 1.48. The van der Waals surface area contributed by atoms with Gasteiger partial charge in [0.05, 0.1) is 12.1 Å². The van der Waals surface area contributed by atoms with Crippen molar-refractivity contribution in [2.24, 2.45) is 5.92 Å². The van der Waals surface area contributed by atoms with E-state index in [1.807, 2.05) is 0 Å². The normalized spacial score (nSPS) is 22.6. The number of carbonyl (C=O) groups excluding carboxylic acids is 1. The van der Waals surface area contributed by atoms with Crippen LogP contribution < -0.4 is 5.32 Å². The Hall–Kier alpha value is -1.46. The van der Waals surface area contributed by atoms with Crippen molar-refractivity contribution in [3.63, 3.8) is 0 Å². The van der Waals surface area contributed by atoms with Gasteiger partial charge < -0.3 is 5.32 Å². The Morgan fingerprint density at radius 1 is 1.33 bits per heavy atom. The molecule has 2 rings (SSSR count). The van der Waals surface area contributed by atoms with E-state index in [-0.39, 0.29) is 18.4 Å². The van der Waals surface area contributed by atoms with E-state index in [2.05, 4.69) is 17.3 Å². The Morgan fingerprint density at radius 3 is 2.48 bits per heavy atom. The van der Waals surface area contributed by atoms with Gasteiger partial charge >= 0.3 is 6.55 Å². The summed E-state index contributed by atoms with van der Waals surface area (Å²) in [6.45, 7) is 2.80. The van der Waals surface area contributed by atoms with Crippen molar-refractivity contribution in [3.8, 4) is 0 Å². The molecule has 21 heavy (non-hydrogen) atoms. The first kappa shape index (κ1) is 15.9. The van der Waals surface area contributed by atoms with E-state index >= 15 is 0 Å². The van der Waals surface area contributed by atoms with Gasteiger partial charge in [-0.3, -0.25) is 4.79 Å². The summed E-state index contributed by atoms with van der Waals surface area (Å²) in [5.74, 6) is 0.626. The minimum absolute atomic E-state index is 0.102. The molecule has 0 aliphatic heterocycles. The first-order chi connectivity index (χ1) is 9.88. The van der Waals surface area contributed by atoms with Crippen LogP contribution in [0, 0.1) is 19.8 Å². The lowest BCUT2D eigenvalue weighted by Crippen LogP contribution is -2.38. The molecule has 0 radical (unpaired) electrons. The largest absolute Gasteiger partial charge is 0.353 e. The van der Waals surface area contributed by atoms with Crippen LogP contribution in [0.25, 0.3) is 0 Å². The zero-order valence-electron chi connectivity index (χ0n) is 12.8. The highest BCUT2D eigenvalue weighted by molar-refractivity contribution is 5.79. The molecular weight excluding hydrogens is 276 g/mol. The zero-order chi connectivity index (χ0) is 15.6. The number of amides is 1. The lowest BCUT2D eigenvalue weighted by molar-refractivity contribution is -0.121. The summed E-state index contributed by atoms with van der Waals surface area (Å²) >= 11 is 0. The fourth-order valence-corrected chi connectivity index (χ4v) is 2.99. The molecule has 1 saturated carbocycles. The van der Waals surface area contributed by atoms with Crippen molar-refractivity contribution in [1.29, 1.82) is 0 Å². The molecule has 1 heterocycles. The summed E-state index contributed by atoms with van der Waals surface area (Å²) < 4.78 is 26.2. The number of carbonyl (C=O) groups is 1. The minimum Gasteiger partial charge on any atom is -0.353 e. The van der Waals surface area contributed by atoms with E-state index < -0.39 is 6.55 Å². The third-order valence-corrected chi connectivity index (χ3v) is 4.38. The van der Waals surface area contributed by atoms with Gasteiger partial charge in [-0.1, -0.05) is 6.92 Å². The number of alkyl halides is 2. The average molecular weight is 299 g/mol. The Balaban J connectivity index is 1.97. The standard InChI is InChI=1S/C15H23F2N3O/c1-9-4-6-12(7-5-9)18-14(21)8-13-10(2)19-20(11(13)3)15(16)17/h9,12,15H,4-8H2,1-3H3,(H,18,21). The first-order valence-electron chi connectivity index (χ1n) is 7.50. The van der Waals surface area contributed by atoms with Crippen LogP contribution in [-0.2, 0) is 11.2 Å².